The smallest absolute Gasteiger partial charge is 0.257 e. The summed E-state index contributed by atoms with van der Waals surface area (Å²) in [7, 11) is 0. The minimum absolute atomic E-state index is 0.188. The molecule has 0 fully saturated rings. The van der Waals surface area contributed by atoms with Crippen molar-refractivity contribution in [3.63, 3.8) is 0 Å². The molecule has 2 aromatic heterocycles. The number of rotatable bonds is 6. The first-order valence-corrected chi connectivity index (χ1v) is 11.8. The topological polar surface area (TPSA) is 59.8 Å². The average Bonchev–Trinajstić information content (AvgIpc) is 3.32. The van der Waals surface area contributed by atoms with Crippen LogP contribution in [-0.4, -0.2) is 20.7 Å². The Morgan fingerprint density at radius 2 is 1.93 bits per heavy atom. The van der Waals surface area contributed by atoms with E-state index in [2.05, 4.69) is 27.5 Å². The first kappa shape index (κ1) is 20.0. The molecule has 0 radical (unpaired) electrons. The zero-order chi connectivity index (χ0) is 20.2. The molecule has 0 saturated carbocycles. The van der Waals surface area contributed by atoms with Crippen LogP contribution in [0.2, 0.25) is 0 Å². The molecule has 0 aliphatic carbocycles. The zero-order valence-electron chi connectivity index (χ0n) is 15.4. The maximum atomic E-state index is 12.4. The van der Waals surface area contributed by atoms with Crippen molar-refractivity contribution in [3.05, 3.63) is 80.8 Å². The van der Waals surface area contributed by atoms with Crippen LogP contribution in [0.5, 0.6) is 0 Å². The average molecular weight is 457 g/mol. The second kappa shape index (κ2) is 9.00. The van der Waals surface area contributed by atoms with Crippen molar-refractivity contribution in [2.75, 3.05) is 5.32 Å². The Morgan fingerprint density at radius 1 is 1.17 bits per heavy atom. The van der Waals surface area contributed by atoms with Gasteiger partial charge in [0.1, 0.15) is 0 Å². The molecule has 1 amide bonds. The van der Waals surface area contributed by atoms with Crippen LogP contribution in [0.25, 0.3) is 5.69 Å². The summed E-state index contributed by atoms with van der Waals surface area (Å²) in [6.45, 7) is 1.89. The number of carbonyl (C=O) groups excluding carboxylic acids is 1. The lowest BCUT2D eigenvalue weighted by Crippen LogP contribution is -2.11. The molecule has 0 aliphatic rings. The number of aromatic nitrogens is 3. The second-order valence-electron chi connectivity index (χ2n) is 6.11. The lowest BCUT2D eigenvalue weighted by atomic mass is 10.2. The fourth-order valence-corrected chi connectivity index (χ4v) is 5.54. The van der Waals surface area contributed by atoms with Crippen molar-refractivity contribution in [3.8, 4) is 5.69 Å². The third kappa shape index (κ3) is 4.99. The van der Waals surface area contributed by atoms with E-state index in [4.69, 9.17) is 12.2 Å². The summed E-state index contributed by atoms with van der Waals surface area (Å²) in [5.41, 5.74) is 3.52. The summed E-state index contributed by atoms with van der Waals surface area (Å²) in [5.74, 6) is 0.658. The van der Waals surface area contributed by atoms with Gasteiger partial charge in [-0.3, -0.25) is 10.1 Å². The van der Waals surface area contributed by atoms with Crippen molar-refractivity contribution in [1.29, 1.82) is 0 Å². The number of hydrogen-bond acceptors (Lipinski definition) is 7. The van der Waals surface area contributed by atoms with E-state index in [1.807, 2.05) is 42.6 Å². The summed E-state index contributed by atoms with van der Waals surface area (Å²) in [5, 5.41) is 9.93. The SMILES string of the molecule is Cc1csc(NC(=O)c2ccc(-n3nc(SCc4ccccc4)sc3=S)cc2)n1. The molecule has 0 atom stereocenters. The van der Waals surface area contributed by atoms with Crippen molar-refractivity contribution in [2.45, 2.75) is 17.0 Å². The van der Waals surface area contributed by atoms with Gasteiger partial charge in [-0.15, -0.1) is 16.4 Å². The van der Waals surface area contributed by atoms with E-state index in [0.717, 1.165) is 21.5 Å². The molecule has 0 unspecified atom stereocenters. The highest BCUT2D eigenvalue weighted by molar-refractivity contribution is 8.00. The van der Waals surface area contributed by atoms with Crippen LogP contribution in [0, 0.1) is 10.9 Å². The highest BCUT2D eigenvalue weighted by Gasteiger charge is 2.11. The van der Waals surface area contributed by atoms with Crippen LogP contribution < -0.4 is 5.32 Å². The number of thiazole rings is 1. The molecule has 2 heterocycles. The number of aryl methyl sites for hydroxylation is 1. The Balaban J connectivity index is 1.45. The number of amides is 1. The van der Waals surface area contributed by atoms with E-state index >= 15 is 0 Å². The normalized spacial score (nSPS) is 10.8. The first-order chi connectivity index (χ1) is 14.1. The number of hydrogen-bond donors (Lipinski definition) is 1. The molecule has 29 heavy (non-hydrogen) atoms. The Kier molecular flexibility index (Phi) is 6.19. The van der Waals surface area contributed by atoms with Crippen LogP contribution >= 0.6 is 46.7 Å². The van der Waals surface area contributed by atoms with Crippen molar-refractivity contribution >= 4 is 57.7 Å². The molecule has 146 valence electrons. The number of anilines is 1. The maximum Gasteiger partial charge on any atom is 0.257 e. The summed E-state index contributed by atoms with van der Waals surface area (Å²) >= 11 is 10.0. The van der Waals surface area contributed by atoms with Gasteiger partial charge in [0, 0.05) is 16.7 Å². The fourth-order valence-electron chi connectivity index (χ4n) is 2.54. The fraction of sp³-hybridized carbons (Fsp3) is 0.100. The minimum Gasteiger partial charge on any atom is -0.298 e. The van der Waals surface area contributed by atoms with E-state index < -0.39 is 0 Å². The van der Waals surface area contributed by atoms with Crippen LogP contribution in [0.15, 0.2) is 64.3 Å². The van der Waals surface area contributed by atoms with Gasteiger partial charge in [0.25, 0.3) is 5.91 Å². The monoisotopic (exact) mass is 456 g/mol. The predicted octanol–water partition coefficient (Wildman–Crippen LogP) is 5.97. The number of thioether (sulfide) groups is 1. The molecule has 5 nitrogen and oxygen atoms in total. The number of nitrogens with one attached hydrogen (secondary N) is 1. The van der Waals surface area contributed by atoms with E-state index in [0.29, 0.717) is 14.6 Å². The zero-order valence-corrected chi connectivity index (χ0v) is 18.6. The molecule has 0 aliphatic heterocycles. The molecular weight excluding hydrogens is 441 g/mol. The minimum atomic E-state index is -0.188. The van der Waals surface area contributed by atoms with Crippen molar-refractivity contribution < 1.29 is 4.79 Å². The molecule has 0 spiro atoms. The van der Waals surface area contributed by atoms with Gasteiger partial charge in [0.2, 0.25) is 0 Å². The lowest BCUT2D eigenvalue weighted by Gasteiger charge is -2.04. The van der Waals surface area contributed by atoms with Crippen molar-refractivity contribution in [1.82, 2.24) is 14.8 Å². The standard InChI is InChI=1S/C20H16N4OS4/c1-13-11-27-18(21-13)22-17(25)15-7-9-16(10-8-15)24-20(26)29-19(23-24)28-12-14-5-3-2-4-6-14/h2-11H,12H2,1H3,(H,21,22,25). The van der Waals surface area contributed by atoms with E-state index in [9.17, 15) is 4.79 Å². The van der Waals surface area contributed by atoms with E-state index in [-0.39, 0.29) is 5.91 Å². The Hall–Kier alpha value is -2.33. The van der Waals surface area contributed by atoms with Crippen LogP contribution in [0.1, 0.15) is 21.6 Å². The number of carbonyl (C=O) groups is 1. The van der Waals surface area contributed by atoms with Gasteiger partial charge in [-0.05, 0) is 49.0 Å². The van der Waals surface area contributed by atoms with Crippen LogP contribution in [0.3, 0.4) is 0 Å². The van der Waals surface area contributed by atoms with Gasteiger partial charge in [-0.2, -0.15) is 0 Å². The van der Waals surface area contributed by atoms with Gasteiger partial charge >= 0.3 is 0 Å². The summed E-state index contributed by atoms with van der Waals surface area (Å²) < 4.78 is 3.33. The van der Waals surface area contributed by atoms with Crippen LogP contribution in [0.4, 0.5) is 5.13 Å². The highest BCUT2D eigenvalue weighted by Crippen LogP contribution is 2.27. The molecule has 4 aromatic rings. The molecule has 0 saturated heterocycles. The molecule has 9 heteroatoms. The third-order valence-corrected chi connectivity index (χ3v) is 7.26. The van der Waals surface area contributed by atoms with E-state index in [1.165, 1.54) is 28.2 Å². The van der Waals surface area contributed by atoms with Crippen molar-refractivity contribution in [2.24, 2.45) is 0 Å². The summed E-state index contributed by atoms with van der Waals surface area (Å²) in [6.07, 6.45) is 0. The molecular formula is C20H16N4OS4. The highest BCUT2D eigenvalue weighted by atomic mass is 32.2. The first-order valence-electron chi connectivity index (χ1n) is 8.69. The number of nitrogens with zero attached hydrogens (tertiary/aromatic N) is 3. The quantitative estimate of drug-likeness (QED) is 0.286. The third-order valence-electron chi connectivity index (χ3n) is 3.95. The van der Waals surface area contributed by atoms with Gasteiger partial charge in [-0.25, -0.2) is 9.67 Å². The van der Waals surface area contributed by atoms with Gasteiger partial charge in [0.15, 0.2) is 13.4 Å². The summed E-state index contributed by atoms with van der Waals surface area (Å²) in [4.78, 5) is 16.6. The van der Waals surface area contributed by atoms with Gasteiger partial charge in [0.05, 0.1) is 11.4 Å². The predicted molar refractivity (Wildman–Crippen MR) is 123 cm³/mol. The van der Waals surface area contributed by atoms with Gasteiger partial charge in [-0.1, -0.05) is 53.4 Å². The van der Waals surface area contributed by atoms with Crippen LogP contribution in [-0.2, 0) is 5.75 Å². The molecule has 0 bridgehead atoms. The second-order valence-corrected chi connectivity index (χ2v) is 9.82. The van der Waals surface area contributed by atoms with Gasteiger partial charge < -0.3 is 0 Å². The lowest BCUT2D eigenvalue weighted by molar-refractivity contribution is 0.102. The Labute approximate surface area is 185 Å². The molecule has 4 rings (SSSR count). The summed E-state index contributed by atoms with van der Waals surface area (Å²) in [6, 6.07) is 17.5. The molecule has 2 aromatic carbocycles. The van der Waals surface area contributed by atoms with E-state index in [1.54, 1.807) is 28.6 Å². The Morgan fingerprint density at radius 3 is 2.62 bits per heavy atom. The maximum absolute atomic E-state index is 12.4. The largest absolute Gasteiger partial charge is 0.298 e. The Bertz CT molecular complexity index is 1180. The number of benzene rings is 2. The molecule has 1 N–H and O–H groups in total.